The van der Waals surface area contributed by atoms with Gasteiger partial charge in [0.1, 0.15) is 5.75 Å². The highest BCUT2D eigenvalue weighted by Gasteiger charge is 2.21. The van der Waals surface area contributed by atoms with Gasteiger partial charge in [-0.25, -0.2) is 13.1 Å². The molecular weight excluding hydrogens is 390 g/mol. The van der Waals surface area contributed by atoms with E-state index in [4.69, 9.17) is 10.5 Å². The number of nitrogens with zero attached hydrogens (tertiary/aromatic N) is 1. The van der Waals surface area contributed by atoms with Gasteiger partial charge in [0.25, 0.3) is 5.91 Å². The van der Waals surface area contributed by atoms with E-state index in [1.807, 2.05) is 6.07 Å². The molecule has 1 heterocycles. The van der Waals surface area contributed by atoms with Crippen molar-refractivity contribution in [3.8, 4) is 5.75 Å². The van der Waals surface area contributed by atoms with Crippen LogP contribution < -0.4 is 15.2 Å². The molecule has 29 heavy (non-hydrogen) atoms. The number of piperidine rings is 1. The fourth-order valence-corrected chi connectivity index (χ4v) is 4.57. The van der Waals surface area contributed by atoms with Crippen LogP contribution in [0.15, 0.2) is 59.5 Å². The van der Waals surface area contributed by atoms with Gasteiger partial charge in [-0.3, -0.25) is 4.79 Å². The second kappa shape index (κ2) is 9.87. The Labute approximate surface area is 171 Å². The number of hydrogen-bond acceptors (Lipinski definition) is 5. The molecule has 0 spiro atoms. The van der Waals surface area contributed by atoms with E-state index in [0.29, 0.717) is 24.8 Å². The lowest BCUT2D eigenvalue weighted by atomic mass is 9.91. The minimum Gasteiger partial charge on any atom is -0.484 e. The van der Waals surface area contributed by atoms with E-state index in [0.717, 1.165) is 25.9 Å². The summed E-state index contributed by atoms with van der Waals surface area (Å²) >= 11 is 0. The van der Waals surface area contributed by atoms with Crippen LogP contribution in [0.1, 0.15) is 24.3 Å². The summed E-state index contributed by atoms with van der Waals surface area (Å²) in [5.74, 6) is 0.299. The molecule has 2 aromatic carbocycles. The molecule has 0 unspecified atom stereocenters. The third-order valence-electron chi connectivity index (χ3n) is 5.01. The summed E-state index contributed by atoms with van der Waals surface area (Å²) in [6.45, 7) is 2.70. The largest absolute Gasteiger partial charge is 0.484 e. The molecule has 1 aliphatic heterocycles. The van der Waals surface area contributed by atoms with Crippen LogP contribution in [0.3, 0.4) is 0 Å². The summed E-state index contributed by atoms with van der Waals surface area (Å²) in [7, 11) is -3.60. The van der Waals surface area contributed by atoms with Crippen molar-refractivity contribution in [1.82, 2.24) is 9.62 Å². The van der Waals surface area contributed by atoms with Crippen molar-refractivity contribution >= 4 is 15.9 Å². The molecule has 0 radical (unpaired) electrons. The summed E-state index contributed by atoms with van der Waals surface area (Å²) < 4.78 is 32.8. The van der Waals surface area contributed by atoms with E-state index in [9.17, 15) is 13.2 Å². The lowest BCUT2D eigenvalue weighted by Gasteiger charge is -2.33. The number of nitrogens with two attached hydrogens (primary N) is 1. The molecule has 156 valence electrons. The minimum atomic E-state index is -3.60. The number of sulfonamides is 1. The summed E-state index contributed by atoms with van der Waals surface area (Å²) in [5.41, 5.74) is 6.37. The highest BCUT2D eigenvalue weighted by atomic mass is 32.2. The first-order chi connectivity index (χ1) is 13.9. The van der Waals surface area contributed by atoms with E-state index in [1.165, 1.54) is 29.8 Å². The Balaban J connectivity index is 1.49. The Morgan fingerprint density at radius 3 is 2.55 bits per heavy atom. The molecule has 1 aliphatic rings. The second-order valence-electron chi connectivity index (χ2n) is 7.17. The third-order valence-corrected chi connectivity index (χ3v) is 6.49. The highest BCUT2D eigenvalue weighted by Crippen LogP contribution is 2.26. The van der Waals surface area contributed by atoms with Crippen LogP contribution in [0, 0.1) is 0 Å². The van der Waals surface area contributed by atoms with Gasteiger partial charge in [0, 0.05) is 19.6 Å². The molecule has 8 heteroatoms. The first-order valence-electron chi connectivity index (χ1n) is 9.72. The number of ether oxygens (including phenoxy) is 1. The Kier molecular flexibility index (Phi) is 7.24. The van der Waals surface area contributed by atoms with Gasteiger partial charge in [-0.15, -0.1) is 0 Å². The zero-order chi connectivity index (χ0) is 20.7. The first-order valence-corrected chi connectivity index (χ1v) is 11.2. The highest BCUT2D eigenvalue weighted by molar-refractivity contribution is 7.89. The third kappa shape index (κ3) is 6.28. The Hall–Kier alpha value is -2.42. The van der Waals surface area contributed by atoms with Crippen molar-refractivity contribution in [2.24, 2.45) is 5.73 Å². The summed E-state index contributed by atoms with van der Waals surface area (Å²) in [4.78, 5) is 13.2. The molecule has 0 saturated carbocycles. The number of primary amides is 1. The average molecular weight is 418 g/mol. The fraction of sp³-hybridized carbons (Fsp3) is 0.381. The number of carbonyl (C=O) groups is 1. The molecule has 1 atom stereocenters. The van der Waals surface area contributed by atoms with Crippen molar-refractivity contribution < 1.29 is 17.9 Å². The molecule has 1 amide bonds. The van der Waals surface area contributed by atoms with Crippen LogP contribution in [-0.2, 0) is 14.8 Å². The van der Waals surface area contributed by atoms with Gasteiger partial charge in [-0.05, 0) is 55.1 Å². The van der Waals surface area contributed by atoms with Crippen LogP contribution in [-0.4, -0.2) is 52.0 Å². The molecule has 3 rings (SSSR count). The molecule has 0 aromatic heterocycles. The Morgan fingerprint density at radius 1 is 1.14 bits per heavy atom. The predicted octanol–water partition coefficient (Wildman–Crippen LogP) is 1.71. The standard InChI is InChI=1S/C21H27N3O4S/c22-21(25)16-28-19-8-10-20(11-9-19)29(26,27)23-12-14-24-13-4-7-18(15-24)17-5-2-1-3-6-17/h1-3,5-6,8-11,18,23H,4,7,12-16H2,(H2,22,25)/t18-/m1/s1. The van der Waals surface area contributed by atoms with Gasteiger partial charge in [0.05, 0.1) is 4.90 Å². The number of likely N-dealkylation sites (tertiary alicyclic amines) is 1. The van der Waals surface area contributed by atoms with Crippen LogP contribution in [0.5, 0.6) is 5.75 Å². The number of nitrogens with one attached hydrogen (secondary N) is 1. The van der Waals surface area contributed by atoms with Gasteiger partial charge in [-0.1, -0.05) is 30.3 Å². The maximum atomic E-state index is 12.5. The molecule has 0 bridgehead atoms. The number of benzene rings is 2. The summed E-state index contributed by atoms with van der Waals surface area (Å²) in [6, 6.07) is 16.4. The predicted molar refractivity (Wildman–Crippen MR) is 111 cm³/mol. The molecular formula is C21H27N3O4S. The van der Waals surface area contributed by atoms with Crippen molar-refractivity contribution in [3.63, 3.8) is 0 Å². The van der Waals surface area contributed by atoms with Crippen molar-refractivity contribution in [2.75, 3.05) is 32.8 Å². The van der Waals surface area contributed by atoms with E-state index in [1.54, 1.807) is 0 Å². The number of rotatable bonds is 9. The van der Waals surface area contributed by atoms with E-state index < -0.39 is 15.9 Å². The molecule has 3 N–H and O–H groups in total. The molecule has 0 aliphatic carbocycles. The topological polar surface area (TPSA) is 102 Å². The van der Waals surface area contributed by atoms with Gasteiger partial charge in [-0.2, -0.15) is 0 Å². The lowest BCUT2D eigenvalue weighted by Crippen LogP contribution is -2.40. The zero-order valence-corrected chi connectivity index (χ0v) is 17.1. The first kappa shape index (κ1) is 21.3. The zero-order valence-electron chi connectivity index (χ0n) is 16.3. The molecule has 7 nitrogen and oxygen atoms in total. The molecule has 1 fully saturated rings. The van der Waals surface area contributed by atoms with E-state index in [2.05, 4.69) is 33.9 Å². The van der Waals surface area contributed by atoms with Crippen molar-refractivity contribution in [1.29, 1.82) is 0 Å². The van der Waals surface area contributed by atoms with Gasteiger partial charge in [0.2, 0.25) is 10.0 Å². The minimum absolute atomic E-state index is 0.157. The lowest BCUT2D eigenvalue weighted by molar-refractivity contribution is -0.119. The molecule has 1 saturated heterocycles. The second-order valence-corrected chi connectivity index (χ2v) is 8.94. The van der Waals surface area contributed by atoms with Crippen molar-refractivity contribution in [2.45, 2.75) is 23.7 Å². The Bertz CT molecular complexity index is 901. The van der Waals surface area contributed by atoms with Crippen molar-refractivity contribution in [3.05, 3.63) is 60.2 Å². The van der Waals surface area contributed by atoms with Crippen LogP contribution in [0.25, 0.3) is 0 Å². The monoisotopic (exact) mass is 417 g/mol. The quantitative estimate of drug-likeness (QED) is 0.647. The smallest absolute Gasteiger partial charge is 0.255 e. The van der Waals surface area contributed by atoms with Gasteiger partial charge in [0.15, 0.2) is 6.61 Å². The summed E-state index contributed by atoms with van der Waals surface area (Å²) in [5, 5.41) is 0. The number of hydrogen-bond donors (Lipinski definition) is 2. The van der Waals surface area contributed by atoms with Gasteiger partial charge >= 0.3 is 0 Å². The fourth-order valence-electron chi connectivity index (χ4n) is 3.55. The van der Waals surface area contributed by atoms with Crippen LogP contribution in [0.4, 0.5) is 0 Å². The number of carbonyl (C=O) groups excluding carboxylic acids is 1. The molecule has 2 aromatic rings. The maximum absolute atomic E-state index is 12.5. The van der Waals surface area contributed by atoms with Gasteiger partial charge < -0.3 is 15.4 Å². The SMILES string of the molecule is NC(=O)COc1ccc(S(=O)(=O)NCCN2CCC[C@@H](c3ccccc3)C2)cc1. The van der Waals surface area contributed by atoms with E-state index >= 15 is 0 Å². The maximum Gasteiger partial charge on any atom is 0.255 e. The van der Waals surface area contributed by atoms with E-state index in [-0.39, 0.29) is 11.5 Å². The van der Waals surface area contributed by atoms with Crippen LogP contribution in [0.2, 0.25) is 0 Å². The van der Waals surface area contributed by atoms with Crippen LogP contribution >= 0.6 is 0 Å². The Morgan fingerprint density at radius 2 is 1.86 bits per heavy atom. The normalized spacial score (nSPS) is 17.7. The summed E-state index contributed by atoms with van der Waals surface area (Å²) in [6.07, 6.45) is 2.27. The number of amides is 1. The average Bonchev–Trinajstić information content (AvgIpc) is 2.73.